The highest BCUT2D eigenvalue weighted by atomic mass is 35.5. The molecular weight excluding hydrogens is 315 g/mol. The highest BCUT2D eigenvalue weighted by Crippen LogP contribution is 2.33. The molecule has 0 heterocycles. The summed E-state index contributed by atoms with van der Waals surface area (Å²) in [5.41, 5.74) is 0.820. The first kappa shape index (κ1) is 15.1. The van der Waals surface area contributed by atoms with Crippen LogP contribution in [0, 0.1) is 0 Å². The molecule has 0 unspecified atom stereocenters. The minimum absolute atomic E-state index is 0.135. The van der Waals surface area contributed by atoms with Crippen molar-refractivity contribution < 1.29 is 9.59 Å². The number of Topliss-reactive ketones (excluding diaryl/α,β-unsaturated/α-hetero) is 1. The highest BCUT2D eigenvalue weighted by molar-refractivity contribution is 7.99. The lowest BCUT2D eigenvalue weighted by Crippen LogP contribution is -1.98. The summed E-state index contributed by atoms with van der Waals surface area (Å²) < 4.78 is 0. The fourth-order valence-electron chi connectivity index (χ4n) is 1.68. The quantitative estimate of drug-likeness (QED) is 0.575. The highest BCUT2D eigenvalue weighted by Gasteiger charge is 2.09. The maximum Gasteiger partial charge on any atom is 0.160 e. The molecule has 0 aliphatic rings. The monoisotopic (exact) mass is 324 g/mol. The molecule has 0 N–H and O–H groups in total. The summed E-state index contributed by atoms with van der Waals surface area (Å²) in [6.07, 6.45) is 0.685. The second kappa shape index (κ2) is 6.44. The Morgan fingerprint density at radius 1 is 1.05 bits per heavy atom. The molecule has 0 saturated carbocycles. The van der Waals surface area contributed by atoms with E-state index in [1.165, 1.54) is 18.7 Å². The molecule has 0 aliphatic heterocycles. The molecular formula is C15H10Cl2O2S. The smallest absolute Gasteiger partial charge is 0.160 e. The second-order valence-electron chi connectivity index (χ2n) is 4.10. The van der Waals surface area contributed by atoms with Gasteiger partial charge in [-0.25, -0.2) is 0 Å². The van der Waals surface area contributed by atoms with Crippen LogP contribution in [0.1, 0.15) is 27.6 Å². The Morgan fingerprint density at radius 2 is 1.70 bits per heavy atom. The van der Waals surface area contributed by atoms with Gasteiger partial charge in [-0.15, -0.1) is 0 Å². The number of ketones is 1. The standard InChI is InChI=1S/C15H10Cl2O2S/c1-9(19)13-6-11(3-2-10(13)8-18)20-12-4-5-14(16)15(17)7-12/h2-8H,1H3. The molecule has 0 amide bonds. The largest absolute Gasteiger partial charge is 0.298 e. The molecule has 102 valence electrons. The third-order valence-corrected chi connectivity index (χ3v) is 4.38. The van der Waals surface area contributed by atoms with Crippen LogP contribution in [0.2, 0.25) is 10.0 Å². The topological polar surface area (TPSA) is 34.1 Å². The molecule has 20 heavy (non-hydrogen) atoms. The SMILES string of the molecule is CC(=O)c1cc(Sc2ccc(Cl)c(Cl)c2)ccc1C=O. The fraction of sp³-hybridized carbons (Fsp3) is 0.0667. The number of halogens is 2. The predicted molar refractivity (Wildman–Crippen MR) is 82.4 cm³/mol. The van der Waals surface area contributed by atoms with Gasteiger partial charge in [0.15, 0.2) is 12.1 Å². The molecule has 0 spiro atoms. The molecule has 2 rings (SSSR count). The van der Waals surface area contributed by atoms with Crippen molar-refractivity contribution in [3.63, 3.8) is 0 Å². The first-order chi connectivity index (χ1) is 9.51. The van der Waals surface area contributed by atoms with Gasteiger partial charge in [-0.1, -0.05) is 35.0 Å². The van der Waals surface area contributed by atoms with Crippen LogP contribution in [0.5, 0.6) is 0 Å². The van der Waals surface area contributed by atoms with E-state index in [0.29, 0.717) is 27.5 Å². The summed E-state index contributed by atoms with van der Waals surface area (Å²) in [6.45, 7) is 1.44. The van der Waals surface area contributed by atoms with Gasteiger partial charge in [-0.3, -0.25) is 9.59 Å². The van der Waals surface area contributed by atoms with Gasteiger partial charge in [0, 0.05) is 20.9 Å². The molecule has 2 aromatic rings. The van der Waals surface area contributed by atoms with Crippen LogP contribution in [-0.4, -0.2) is 12.1 Å². The number of rotatable bonds is 4. The number of hydrogen-bond donors (Lipinski definition) is 0. The summed E-state index contributed by atoms with van der Waals surface area (Å²) in [7, 11) is 0. The molecule has 0 radical (unpaired) electrons. The van der Waals surface area contributed by atoms with Crippen molar-refractivity contribution >= 4 is 47.0 Å². The van der Waals surface area contributed by atoms with Gasteiger partial charge < -0.3 is 0 Å². The predicted octanol–water partition coefficient (Wildman–Crippen LogP) is 5.16. The number of aldehydes is 1. The van der Waals surface area contributed by atoms with Gasteiger partial charge >= 0.3 is 0 Å². The molecule has 0 saturated heterocycles. The molecule has 0 fully saturated rings. The molecule has 0 atom stereocenters. The minimum atomic E-state index is -0.135. The Labute approximate surface area is 131 Å². The Balaban J connectivity index is 2.34. The van der Waals surface area contributed by atoms with Gasteiger partial charge in [0.05, 0.1) is 10.0 Å². The molecule has 2 nitrogen and oxygen atoms in total. The lowest BCUT2D eigenvalue weighted by atomic mass is 10.1. The first-order valence-corrected chi connectivity index (χ1v) is 7.31. The zero-order chi connectivity index (χ0) is 14.7. The molecule has 2 aromatic carbocycles. The molecule has 0 aliphatic carbocycles. The number of benzene rings is 2. The van der Waals surface area contributed by atoms with Crippen LogP contribution in [0.25, 0.3) is 0 Å². The van der Waals surface area contributed by atoms with E-state index in [1.807, 2.05) is 6.07 Å². The van der Waals surface area contributed by atoms with Crippen LogP contribution >= 0.6 is 35.0 Å². The third kappa shape index (κ3) is 3.42. The summed E-state index contributed by atoms with van der Waals surface area (Å²) in [5.74, 6) is -0.135. The van der Waals surface area contributed by atoms with Crippen LogP contribution in [-0.2, 0) is 0 Å². The Bertz CT molecular complexity index is 684. The summed E-state index contributed by atoms with van der Waals surface area (Å²) in [6, 6.07) is 10.5. The van der Waals surface area contributed by atoms with Gasteiger partial charge in [0.1, 0.15) is 0 Å². The number of carbonyl (C=O) groups is 2. The molecule has 0 bridgehead atoms. The Morgan fingerprint density at radius 3 is 2.30 bits per heavy atom. The maximum absolute atomic E-state index is 11.5. The van der Waals surface area contributed by atoms with E-state index < -0.39 is 0 Å². The van der Waals surface area contributed by atoms with Gasteiger partial charge in [-0.05, 0) is 43.3 Å². The summed E-state index contributed by atoms with van der Waals surface area (Å²) >= 11 is 13.3. The van der Waals surface area contributed by atoms with E-state index in [-0.39, 0.29) is 5.78 Å². The van der Waals surface area contributed by atoms with E-state index in [1.54, 1.807) is 30.3 Å². The average Bonchev–Trinajstić information content (AvgIpc) is 2.43. The van der Waals surface area contributed by atoms with Crippen molar-refractivity contribution in [2.45, 2.75) is 16.7 Å². The normalized spacial score (nSPS) is 10.3. The molecule has 0 aromatic heterocycles. The zero-order valence-electron chi connectivity index (χ0n) is 10.5. The van der Waals surface area contributed by atoms with Crippen molar-refractivity contribution in [1.82, 2.24) is 0 Å². The van der Waals surface area contributed by atoms with Crippen molar-refractivity contribution in [2.75, 3.05) is 0 Å². The van der Waals surface area contributed by atoms with Crippen molar-refractivity contribution in [2.24, 2.45) is 0 Å². The maximum atomic E-state index is 11.5. The summed E-state index contributed by atoms with van der Waals surface area (Å²) in [5, 5.41) is 0.977. The van der Waals surface area contributed by atoms with Crippen LogP contribution < -0.4 is 0 Å². The van der Waals surface area contributed by atoms with E-state index in [2.05, 4.69) is 0 Å². The van der Waals surface area contributed by atoms with Crippen LogP contribution in [0.3, 0.4) is 0 Å². The van der Waals surface area contributed by atoms with Crippen LogP contribution in [0.4, 0.5) is 0 Å². The van der Waals surface area contributed by atoms with Gasteiger partial charge in [0.2, 0.25) is 0 Å². The average molecular weight is 325 g/mol. The Hall–Kier alpha value is -1.29. The Kier molecular flexibility index (Phi) is 4.86. The van der Waals surface area contributed by atoms with Crippen molar-refractivity contribution in [3.05, 3.63) is 57.6 Å². The number of hydrogen-bond acceptors (Lipinski definition) is 3. The van der Waals surface area contributed by atoms with Crippen molar-refractivity contribution in [1.29, 1.82) is 0 Å². The van der Waals surface area contributed by atoms with Gasteiger partial charge in [-0.2, -0.15) is 0 Å². The van der Waals surface area contributed by atoms with Gasteiger partial charge in [0.25, 0.3) is 0 Å². The van der Waals surface area contributed by atoms with E-state index >= 15 is 0 Å². The van der Waals surface area contributed by atoms with E-state index in [4.69, 9.17) is 23.2 Å². The number of carbonyl (C=O) groups excluding carboxylic acids is 2. The lowest BCUT2D eigenvalue weighted by molar-refractivity contribution is 0.100. The summed E-state index contributed by atoms with van der Waals surface area (Å²) in [4.78, 5) is 24.2. The van der Waals surface area contributed by atoms with E-state index in [0.717, 1.165) is 9.79 Å². The first-order valence-electron chi connectivity index (χ1n) is 5.74. The van der Waals surface area contributed by atoms with E-state index in [9.17, 15) is 9.59 Å². The van der Waals surface area contributed by atoms with Crippen LogP contribution in [0.15, 0.2) is 46.2 Å². The zero-order valence-corrected chi connectivity index (χ0v) is 12.9. The van der Waals surface area contributed by atoms with Crippen molar-refractivity contribution in [3.8, 4) is 0 Å². The second-order valence-corrected chi connectivity index (χ2v) is 6.06. The lowest BCUT2D eigenvalue weighted by Gasteiger charge is -2.06. The minimum Gasteiger partial charge on any atom is -0.298 e. The third-order valence-electron chi connectivity index (χ3n) is 2.66. The molecule has 5 heteroatoms. The fourth-order valence-corrected chi connectivity index (χ4v) is 2.94.